The first-order chi connectivity index (χ1) is 12.5. The van der Waals surface area contributed by atoms with Crippen molar-refractivity contribution in [3.8, 4) is 0 Å². The Morgan fingerprint density at radius 1 is 1.15 bits per heavy atom. The molecule has 0 radical (unpaired) electrons. The summed E-state index contributed by atoms with van der Waals surface area (Å²) >= 11 is 5.42. The second-order valence-electron chi connectivity index (χ2n) is 6.68. The second-order valence-corrected chi connectivity index (χ2v) is 7.09. The Morgan fingerprint density at radius 3 is 2.38 bits per heavy atom. The van der Waals surface area contributed by atoms with Crippen LogP contribution in [0.3, 0.4) is 0 Å². The number of hydrogen-bond donors (Lipinski definition) is 2. The summed E-state index contributed by atoms with van der Waals surface area (Å²) in [6.07, 6.45) is 1.71. The molecule has 0 atom stereocenters. The lowest BCUT2D eigenvalue weighted by molar-refractivity contribution is 0.0515. The molecule has 1 aromatic carbocycles. The third kappa shape index (κ3) is 4.53. The summed E-state index contributed by atoms with van der Waals surface area (Å²) in [5, 5.41) is 6.81. The third-order valence-electron chi connectivity index (χ3n) is 4.70. The van der Waals surface area contributed by atoms with Gasteiger partial charge in [0.15, 0.2) is 5.11 Å². The van der Waals surface area contributed by atoms with Gasteiger partial charge < -0.3 is 15.4 Å². The van der Waals surface area contributed by atoms with Crippen LogP contribution in [0.2, 0.25) is 0 Å². The van der Waals surface area contributed by atoms with E-state index < -0.39 is 0 Å². The Hall–Kier alpha value is -2.12. The van der Waals surface area contributed by atoms with E-state index in [4.69, 9.17) is 17.0 Å². The molecule has 7 heteroatoms. The average Bonchev–Trinajstić information content (AvgIpc) is 2.60. The summed E-state index contributed by atoms with van der Waals surface area (Å²) in [4.78, 5) is 8.69. The van der Waals surface area contributed by atoms with Crippen LogP contribution in [0.25, 0.3) is 0 Å². The highest BCUT2D eigenvalue weighted by Gasteiger charge is 2.34. The summed E-state index contributed by atoms with van der Waals surface area (Å²) in [5.41, 5.74) is 2.73. The van der Waals surface area contributed by atoms with Crippen LogP contribution in [-0.2, 0) is 10.2 Å². The van der Waals surface area contributed by atoms with E-state index in [0.717, 1.165) is 29.8 Å². The first-order valence-corrected chi connectivity index (χ1v) is 9.09. The number of benzene rings is 1. The highest BCUT2D eigenvalue weighted by atomic mass is 32.1. The molecule has 1 aromatic heterocycles. The van der Waals surface area contributed by atoms with Crippen molar-refractivity contribution in [3.05, 3.63) is 53.1 Å². The van der Waals surface area contributed by atoms with Crippen molar-refractivity contribution in [1.82, 2.24) is 15.3 Å². The first-order valence-electron chi connectivity index (χ1n) is 8.68. The van der Waals surface area contributed by atoms with Gasteiger partial charge in [0.25, 0.3) is 0 Å². The standard InChI is InChI=1S/C19H23FN4OS/c1-13-11-14(2)23-17(22-13)24-18(26)21-12-19(7-9-25-10-8-19)15-3-5-16(20)6-4-15/h3-6,11H,7-10,12H2,1-2H3,(H2,21,22,23,24,26). The smallest absolute Gasteiger partial charge is 0.229 e. The molecule has 2 aromatic rings. The zero-order valence-electron chi connectivity index (χ0n) is 15.0. The zero-order chi connectivity index (χ0) is 18.6. The average molecular weight is 374 g/mol. The minimum atomic E-state index is -0.229. The predicted molar refractivity (Wildman–Crippen MR) is 104 cm³/mol. The zero-order valence-corrected chi connectivity index (χ0v) is 15.8. The molecule has 0 bridgehead atoms. The van der Waals surface area contributed by atoms with E-state index in [2.05, 4.69) is 20.6 Å². The molecule has 0 saturated carbocycles. The SMILES string of the molecule is Cc1cc(C)nc(NC(=S)NCC2(c3ccc(F)cc3)CCOCC2)n1. The molecule has 3 rings (SSSR count). The quantitative estimate of drug-likeness (QED) is 0.801. The van der Waals surface area contributed by atoms with E-state index in [1.807, 2.05) is 32.0 Å². The number of aromatic nitrogens is 2. The van der Waals surface area contributed by atoms with Crippen molar-refractivity contribution in [1.29, 1.82) is 0 Å². The lowest BCUT2D eigenvalue weighted by Crippen LogP contribution is -2.45. The highest BCUT2D eigenvalue weighted by Crippen LogP contribution is 2.34. The van der Waals surface area contributed by atoms with Crippen molar-refractivity contribution in [3.63, 3.8) is 0 Å². The molecule has 26 heavy (non-hydrogen) atoms. The number of aryl methyl sites for hydroxylation is 2. The van der Waals surface area contributed by atoms with Gasteiger partial charge in [-0.25, -0.2) is 14.4 Å². The monoisotopic (exact) mass is 374 g/mol. The van der Waals surface area contributed by atoms with Crippen LogP contribution in [0.15, 0.2) is 30.3 Å². The van der Waals surface area contributed by atoms with Gasteiger partial charge in [-0.3, -0.25) is 0 Å². The normalized spacial score (nSPS) is 16.1. The van der Waals surface area contributed by atoms with Gasteiger partial charge >= 0.3 is 0 Å². The summed E-state index contributed by atoms with van der Waals surface area (Å²) in [6, 6.07) is 8.63. The maximum atomic E-state index is 13.3. The van der Waals surface area contributed by atoms with Crippen LogP contribution < -0.4 is 10.6 Å². The predicted octanol–water partition coefficient (Wildman–Crippen LogP) is 3.27. The van der Waals surface area contributed by atoms with Crippen molar-refractivity contribution in [2.24, 2.45) is 0 Å². The molecule has 0 unspecified atom stereocenters. The Kier molecular flexibility index (Phi) is 5.78. The van der Waals surface area contributed by atoms with E-state index in [1.165, 1.54) is 12.1 Å². The van der Waals surface area contributed by atoms with Gasteiger partial charge in [-0.15, -0.1) is 0 Å². The molecular formula is C19H23FN4OS. The van der Waals surface area contributed by atoms with Crippen LogP contribution >= 0.6 is 12.2 Å². The largest absolute Gasteiger partial charge is 0.381 e. The number of nitrogens with one attached hydrogen (secondary N) is 2. The summed E-state index contributed by atoms with van der Waals surface area (Å²) < 4.78 is 18.8. The van der Waals surface area contributed by atoms with Crippen molar-refractivity contribution >= 4 is 23.3 Å². The number of thiocarbonyl (C=S) groups is 1. The highest BCUT2D eigenvalue weighted by molar-refractivity contribution is 7.80. The molecular weight excluding hydrogens is 351 g/mol. The second kappa shape index (κ2) is 8.05. The first kappa shape index (κ1) is 18.7. The minimum absolute atomic E-state index is 0.138. The number of hydrogen-bond acceptors (Lipinski definition) is 4. The van der Waals surface area contributed by atoms with Crippen molar-refractivity contribution < 1.29 is 9.13 Å². The fraction of sp³-hybridized carbons (Fsp3) is 0.421. The third-order valence-corrected chi connectivity index (χ3v) is 4.95. The van der Waals surface area contributed by atoms with E-state index >= 15 is 0 Å². The van der Waals surface area contributed by atoms with Gasteiger partial charge in [0, 0.05) is 36.6 Å². The summed E-state index contributed by atoms with van der Waals surface area (Å²) in [7, 11) is 0. The van der Waals surface area contributed by atoms with Crippen molar-refractivity contribution in [2.45, 2.75) is 32.1 Å². The van der Waals surface area contributed by atoms with Gasteiger partial charge in [-0.1, -0.05) is 12.1 Å². The summed E-state index contributed by atoms with van der Waals surface area (Å²) in [6.45, 7) is 5.83. The lowest BCUT2D eigenvalue weighted by atomic mass is 9.74. The Morgan fingerprint density at radius 2 is 1.77 bits per heavy atom. The molecule has 0 amide bonds. The van der Waals surface area contributed by atoms with Gasteiger partial charge in [0.2, 0.25) is 5.95 Å². The molecule has 1 aliphatic rings. The van der Waals surface area contributed by atoms with E-state index in [0.29, 0.717) is 30.8 Å². The maximum absolute atomic E-state index is 13.3. The molecule has 1 aliphatic heterocycles. The number of anilines is 1. The maximum Gasteiger partial charge on any atom is 0.229 e. The molecule has 0 aliphatic carbocycles. The van der Waals surface area contributed by atoms with Gasteiger partial charge in [0.1, 0.15) is 5.82 Å². The van der Waals surface area contributed by atoms with E-state index in [-0.39, 0.29) is 11.2 Å². The van der Waals surface area contributed by atoms with E-state index in [9.17, 15) is 4.39 Å². The van der Waals surface area contributed by atoms with Crippen LogP contribution in [0.1, 0.15) is 29.8 Å². The number of rotatable bonds is 4. The number of ether oxygens (including phenoxy) is 1. The van der Waals surface area contributed by atoms with Gasteiger partial charge in [0.05, 0.1) is 0 Å². The molecule has 0 spiro atoms. The Labute approximate surface area is 158 Å². The van der Waals surface area contributed by atoms with E-state index in [1.54, 1.807) is 0 Å². The van der Waals surface area contributed by atoms with Gasteiger partial charge in [-0.05, 0) is 62.7 Å². The van der Waals surface area contributed by atoms with Crippen LogP contribution in [0.5, 0.6) is 0 Å². The van der Waals surface area contributed by atoms with Crippen molar-refractivity contribution in [2.75, 3.05) is 25.1 Å². The fourth-order valence-corrected chi connectivity index (χ4v) is 3.47. The number of nitrogens with zero attached hydrogens (tertiary/aromatic N) is 2. The van der Waals surface area contributed by atoms with Crippen LogP contribution in [0.4, 0.5) is 10.3 Å². The molecule has 2 N–H and O–H groups in total. The lowest BCUT2D eigenvalue weighted by Gasteiger charge is -2.38. The molecule has 1 fully saturated rings. The topological polar surface area (TPSA) is 59.1 Å². The fourth-order valence-electron chi connectivity index (χ4n) is 3.31. The van der Waals surface area contributed by atoms with Crippen LogP contribution in [0, 0.1) is 19.7 Å². The molecule has 1 saturated heterocycles. The minimum Gasteiger partial charge on any atom is -0.381 e. The van der Waals surface area contributed by atoms with Gasteiger partial charge in [-0.2, -0.15) is 0 Å². The Bertz CT molecular complexity index is 755. The molecule has 138 valence electrons. The summed E-state index contributed by atoms with van der Waals surface area (Å²) in [5.74, 6) is 0.260. The molecule has 5 nitrogen and oxygen atoms in total. The number of halogens is 1. The van der Waals surface area contributed by atoms with Crippen LogP contribution in [-0.4, -0.2) is 34.8 Å². The molecule has 2 heterocycles. The Balaban J connectivity index is 1.69.